The molecule has 6 nitrogen and oxygen atoms in total. The largest absolute Gasteiger partial charge is 0.325 e. The minimum Gasteiger partial charge on any atom is -0.325 e. The second-order valence-corrected chi connectivity index (χ2v) is 8.18. The highest BCUT2D eigenvalue weighted by atomic mass is 32.2. The minimum absolute atomic E-state index is 0.243. The smallest absolute Gasteiger partial charge is 0.282 e. The molecule has 0 radical (unpaired) electrons. The van der Waals surface area contributed by atoms with E-state index in [0.29, 0.717) is 30.3 Å². The topological polar surface area (TPSA) is 69.7 Å². The third kappa shape index (κ3) is 4.57. The Morgan fingerprint density at radius 2 is 2.25 bits per heavy atom. The van der Waals surface area contributed by atoms with E-state index < -0.39 is 16.1 Å². The number of nitrogens with zero attached hydrogens (tertiary/aromatic N) is 2. The van der Waals surface area contributed by atoms with Crippen molar-refractivity contribution >= 4 is 21.8 Å². The Morgan fingerprint density at radius 1 is 1.50 bits per heavy atom. The first kappa shape index (κ1) is 18.5. The maximum atomic E-state index is 12.6. The number of hydrogen-bond acceptors (Lipinski definition) is 3. The van der Waals surface area contributed by atoms with Crippen molar-refractivity contribution in [1.82, 2.24) is 8.61 Å². The van der Waals surface area contributed by atoms with E-state index in [0.717, 1.165) is 17.1 Å². The lowest BCUT2D eigenvalue weighted by Gasteiger charge is -2.32. The number of anilines is 1. The first-order valence-electron chi connectivity index (χ1n) is 7.91. The molecule has 0 aliphatic carbocycles. The molecule has 1 amide bonds. The normalized spacial score (nSPS) is 19.0. The van der Waals surface area contributed by atoms with Crippen LogP contribution < -0.4 is 5.32 Å². The van der Waals surface area contributed by atoms with Crippen molar-refractivity contribution in [3.63, 3.8) is 0 Å². The first-order valence-corrected chi connectivity index (χ1v) is 9.30. The molecule has 1 aromatic carbocycles. The van der Waals surface area contributed by atoms with Crippen LogP contribution in [0.1, 0.15) is 25.3 Å². The Bertz CT molecular complexity index is 740. The van der Waals surface area contributed by atoms with E-state index in [4.69, 9.17) is 6.42 Å². The van der Waals surface area contributed by atoms with Crippen LogP contribution >= 0.6 is 0 Å². The van der Waals surface area contributed by atoms with Crippen molar-refractivity contribution in [2.24, 2.45) is 5.92 Å². The molecule has 1 aliphatic rings. The van der Waals surface area contributed by atoms with Crippen LogP contribution in [-0.4, -0.2) is 49.6 Å². The van der Waals surface area contributed by atoms with Crippen LogP contribution in [0.4, 0.5) is 5.69 Å². The number of rotatable bonds is 5. The van der Waals surface area contributed by atoms with Crippen molar-refractivity contribution in [3.05, 3.63) is 29.8 Å². The predicted octanol–water partition coefficient (Wildman–Crippen LogP) is 1.51. The van der Waals surface area contributed by atoms with Gasteiger partial charge in [0.15, 0.2) is 0 Å². The molecule has 1 atom stereocenters. The van der Waals surface area contributed by atoms with Crippen molar-refractivity contribution in [1.29, 1.82) is 0 Å². The summed E-state index contributed by atoms with van der Waals surface area (Å²) in [5, 5.41) is 2.67. The summed E-state index contributed by atoms with van der Waals surface area (Å²) in [6.45, 7) is 2.79. The summed E-state index contributed by atoms with van der Waals surface area (Å²) < 4.78 is 27.7. The first-order chi connectivity index (χ1) is 11.3. The number of amides is 1. The summed E-state index contributed by atoms with van der Waals surface area (Å²) in [4.78, 5) is 12.1. The van der Waals surface area contributed by atoms with Gasteiger partial charge in [-0.25, -0.2) is 0 Å². The van der Waals surface area contributed by atoms with E-state index in [1.54, 1.807) is 24.3 Å². The number of piperidine rings is 1. The van der Waals surface area contributed by atoms with Crippen molar-refractivity contribution < 1.29 is 13.2 Å². The Hall–Kier alpha value is -1.88. The van der Waals surface area contributed by atoms with Crippen molar-refractivity contribution in [3.8, 4) is 12.3 Å². The lowest BCUT2D eigenvalue weighted by molar-refractivity contribution is -0.116. The van der Waals surface area contributed by atoms with Crippen LogP contribution in [0.15, 0.2) is 24.3 Å². The van der Waals surface area contributed by atoms with Gasteiger partial charge in [-0.3, -0.25) is 4.79 Å². The quantitative estimate of drug-likeness (QED) is 0.820. The van der Waals surface area contributed by atoms with E-state index in [1.165, 1.54) is 11.4 Å². The number of likely N-dealkylation sites (N-methyl/N-ethyl adjacent to an activating group) is 1. The molecule has 0 spiro atoms. The summed E-state index contributed by atoms with van der Waals surface area (Å²) in [6, 6.07) is 6.86. The third-order valence-corrected chi connectivity index (χ3v) is 5.92. The Labute approximate surface area is 144 Å². The number of benzene rings is 1. The van der Waals surface area contributed by atoms with Gasteiger partial charge in [0, 0.05) is 31.4 Å². The maximum Gasteiger partial charge on any atom is 0.282 e. The van der Waals surface area contributed by atoms with Gasteiger partial charge in [-0.2, -0.15) is 17.0 Å². The number of carbonyl (C=O) groups is 1. The highest BCUT2D eigenvalue weighted by Crippen LogP contribution is 2.20. The van der Waals surface area contributed by atoms with E-state index in [2.05, 4.69) is 11.2 Å². The highest BCUT2D eigenvalue weighted by Gasteiger charge is 2.31. The predicted molar refractivity (Wildman–Crippen MR) is 94.5 cm³/mol. The molecule has 1 saturated heterocycles. The molecule has 1 heterocycles. The van der Waals surface area contributed by atoms with Gasteiger partial charge in [0.05, 0.1) is 6.54 Å². The van der Waals surface area contributed by atoms with Gasteiger partial charge in [-0.15, -0.1) is 6.42 Å². The lowest BCUT2D eigenvalue weighted by atomic mass is 10.0. The summed E-state index contributed by atoms with van der Waals surface area (Å²) >= 11 is 0. The fraction of sp³-hybridized carbons (Fsp3) is 0.471. The Kier molecular flexibility index (Phi) is 5.99. The minimum atomic E-state index is -3.62. The summed E-state index contributed by atoms with van der Waals surface area (Å²) in [5.41, 5.74) is 1.20. The maximum absolute atomic E-state index is 12.6. The van der Waals surface area contributed by atoms with Gasteiger partial charge in [-0.05, 0) is 37.0 Å². The van der Waals surface area contributed by atoms with Gasteiger partial charge in [0.2, 0.25) is 5.91 Å². The fourth-order valence-corrected chi connectivity index (χ4v) is 4.20. The molecular formula is C17H23N3O3S. The second kappa shape index (κ2) is 7.79. The lowest BCUT2D eigenvalue weighted by Crippen LogP contribution is -2.48. The van der Waals surface area contributed by atoms with Crippen LogP contribution in [0, 0.1) is 18.3 Å². The molecule has 2 rings (SSSR count). The zero-order valence-electron chi connectivity index (χ0n) is 14.0. The van der Waals surface area contributed by atoms with Gasteiger partial charge in [0.1, 0.15) is 0 Å². The van der Waals surface area contributed by atoms with Crippen LogP contribution in [0.25, 0.3) is 0 Å². The van der Waals surface area contributed by atoms with E-state index >= 15 is 0 Å². The average molecular weight is 349 g/mol. The molecule has 1 fully saturated rings. The Morgan fingerprint density at radius 3 is 2.92 bits per heavy atom. The van der Waals surface area contributed by atoms with E-state index in [9.17, 15) is 13.2 Å². The molecule has 7 heteroatoms. The van der Waals surface area contributed by atoms with Crippen LogP contribution in [-0.2, 0) is 15.0 Å². The Balaban J connectivity index is 1.98. The third-order valence-electron chi connectivity index (χ3n) is 4.02. The summed E-state index contributed by atoms with van der Waals surface area (Å²) in [5.74, 6) is 2.42. The monoisotopic (exact) mass is 349 g/mol. The molecule has 1 aliphatic heterocycles. The van der Waals surface area contributed by atoms with Crippen LogP contribution in [0.2, 0.25) is 0 Å². The second-order valence-electron chi connectivity index (χ2n) is 6.14. The van der Waals surface area contributed by atoms with Crippen molar-refractivity contribution in [2.45, 2.75) is 19.8 Å². The summed E-state index contributed by atoms with van der Waals surface area (Å²) in [7, 11) is -2.20. The van der Waals surface area contributed by atoms with Gasteiger partial charge >= 0.3 is 0 Å². The highest BCUT2D eigenvalue weighted by molar-refractivity contribution is 7.86. The fourth-order valence-electron chi connectivity index (χ4n) is 2.72. The average Bonchev–Trinajstić information content (AvgIpc) is 2.54. The molecule has 0 aromatic heterocycles. The number of carbonyl (C=O) groups excluding carboxylic acids is 1. The summed E-state index contributed by atoms with van der Waals surface area (Å²) in [6.07, 6.45) is 7.20. The molecule has 130 valence electrons. The van der Waals surface area contributed by atoms with Gasteiger partial charge < -0.3 is 5.32 Å². The molecule has 1 aromatic rings. The molecule has 1 N–H and O–H groups in total. The van der Waals surface area contributed by atoms with Crippen LogP contribution in [0.5, 0.6) is 0 Å². The molecule has 24 heavy (non-hydrogen) atoms. The van der Waals surface area contributed by atoms with Crippen molar-refractivity contribution in [2.75, 3.05) is 32.0 Å². The van der Waals surface area contributed by atoms with Gasteiger partial charge in [0.25, 0.3) is 10.2 Å². The standard InChI is InChI=1S/C17H23N3O3S/c1-4-15-8-5-9-16(11-15)18-17(21)13-19(3)24(22,23)20-10-6-7-14(2)12-20/h1,5,8-9,11,14H,6-7,10,12-13H2,2-3H3,(H,18,21)/t14-/m1/s1. The molecule has 0 unspecified atom stereocenters. The molecule has 0 saturated carbocycles. The van der Waals surface area contributed by atoms with Crippen LogP contribution in [0.3, 0.4) is 0 Å². The number of hydrogen-bond donors (Lipinski definition) is 1. The van der Waals surface area contributed by atoms with Gasteiger partial charge in [-0.1, -0.05) is 18.9 Å². The zero-order chi connectivity index (χ0) is 17.7. The van der Waals surface area contributed by atoms with E-state index in [-0.39, 0.29) is 6.54 Å². The molecule has 0 bridgehead atoms. The zero-order valence-corrected chi connectivity index (χ0v) is 14.8. The van der Waals surface area contributed by atoms with E-state index in [1.807, 2.05) is 6.92 Å². The number of nitrogens with one attached hydrogen (secondary N) is 1. The SMILES string of the molecule is C#Cc1cccc(NC(=O)CN(C)S(=O)(=O)N2CCC[C@@H](C)C2)c1. The molecular weight excluding hydrogens is 326 g/mol. The number of terminal acetylenes is 1.